The molecule has 0 N–H and O–H groups in total. The van der Waals surface area contributed by atoms with Crippen LogP contribution in [0.25, 0.3) is 0 Å². The fourth-order valence-electron chi connectivity index (χ4n) is 3.23. The lowest BCUT2D eigenvalue weighted by atomic mass is 10.00. The van der Waals surface area contributed by atoms with Gasteiger partial charge in [-0.2, -0.15) is 0 Å². The molecule has 24 heavy (non-hydrogen) atoms. The van der Waals surface area contributed by atoms with Crippen LogP contribution in [-0.2, 0) is 17.9 Å². The van der Waals surface area contributed by atoms with Gasteiger partial charge in [0, 0.05) is 37.1 Å². The fourth-order valence-corrected chi connectivity index (χ4v) is 4.08. The van der Waals surface area contributed by atoms with E-state index in [2.05, 4.69) is 14.9 Å². The minimum atomic E-state index is -0.0223. The van der Waals surface area contributed by atoms with Crippen LogP contribution in [0.15, 0.2) is 30.7 Å². The number of carbonyl (C=O) groups is 1. The van der Waals surface area contributed by atoms with Gasteiger partial charge in [0.05, 0.1) is 17.6 Å². The Morgan fingerprint density at radius 1 is 1.38 bits per heavy atom. The lowest BCUT2D eigenvalue weighted by molar-refractivity contribution is -0.137. The highest BCUT2D eigenvalue weighted by molar-refractivity contribution is 7.11. The average molecular weight is 344 g/mol. The summed E-state index contributed by atoms with van der Waals surface area (Å²) in [5.74, 6) is 0.217. The summed E-state index contributed by atoms with van der Waals surface area (Å²) in [5, 5.41) is 1.04. The van der Waals surface area contributed by atoms with Crippen molar-refractivity contribution in [3.8, 4) is 0 Å². The van der Waals surface area contributed by atoms with Crippen molar-refractivity contribution in [2.24, 2.45) is 0 Å². The number of nitrogens with zero attached hydrogens (tertiary/aromatic N) is 4. The molecule has 0 bridgehead atoms. The van der Waals surface area contributed by atoms with Crippen LogP contribution in [0, 0.1) is 6.92 Å². The highest BCUT2D eigenvalue weighted by Gasteiger charge is 2.30. The minimum Gasteiger partial charge on any atom is -0.339 e. The third-order valence-electron chi connectivity index (χ3n) is 4.47. The summed E-state index contributed by atoms with van der Waals surface area (Å²) in [6, 6.07) is 4.03. The van der Waals surface area contributed by atoms with Gasteiger partial charge in [0.15, 0.2) is 0 Å². The number of aryl methyl sites for hydroxylation is 1. The van der Waals surface area contributed by atoms with Gasteiger partial charge >= 0.3 is 0 Å². The first kappa shape index (κ1) is 17.0. The number of pyridine rings is 1. The lowest BCUT2D eigenvalue weighted by Crippen LogP contribution is -2.49. The molecule has 2 aromatic rings. The van der Waals surface area contributed by atoms with Gasteiger partial charge in [-0.1, -0.05) is 6.42 Å². The molecule has 1 unspecified atom stereocenters. The van der Waals surface area contributed by atoms with Crippen molar-refractivity contribution in [1.29, 1.82) is 0 Å². The monoisotopic (exact) mass is 344 g/mol. The maximum atomic E-state index is 13.0. The van der Waals surface area contributed by atoms with Crippen molar-refractivity contribution >= 4 is 17.2 Å². The molecule has 1 amide bonds. The summed E-state index contributed by atoms with van der Waals surface area (Å²) in [5.41, 5.74) is 1.21. The van der Waals surface area contributed by atoms with Gasteiger partial charge in [-0.05, 0) is 44.0 Å². The van der Waals surface area contributed by atoms with Gasteiger partial charge in [-0.15, -0.1) is 11.3 Å². The van der Waals surface area contributed by atoms with E-state index in [1.807, 2.05) is 49.6 Å². The van der Waals surface area contributed by atoms with Gasteiger partial charge in [0.25, 0.3) is 0 Å². The summed E-state index contributed by atoms with van der Waals surface area (Å²) in [7, 11) is 1.90. The summed E-state index contributed by atoms with van der Waals surface area (Å²) in [6.45, 7) is 4.43. The molecule has 1 aliphatic rings. The molecule has 1 atom stereocenters. The standard InChI is InChI=1S/C18H24N4OS/c1-14-20-11-16(24-14)13-21(2)18(23)17-5-3-4-10-22(17)12-15-6-8-19-9-7-15/h6-9,11,17H,3-5,10,12-13H2,1-2H3. The van der Waals surface area contributed by atoms with E-state index in [9.17, 15) is 4.79 Å². The molecule has 3 rings (SSSR count). The Hall–Kier alpha value is -1.79. The molecule has 1 saturated heterocycles. The van der Waals surface area contributed by atoms with E-state index in [0.717, 1.165) is 42.2 Å². The van der Waals surface area contributed by atoms with Crippen LogP contribution in [-0.4, -0.2) is 45.3 Å². The summed E-state index contributed by atoms with van der Waals surface area (Å²) < 4.78 is 0. The second-order valence-electron chi connectivity index (χ2n) is 6.38. The van der Waals surface area contributed by atoms with Gasteiger partial charge in [-0.3, -0.25) is 14.7 Å². The van der Waals surface area contributed by atoms with E-state index >= 15 is 0 Å². The van der Waals surface area contributed by atoms with E-state index in [1.54, 1.807) is 11.3 Å². The maximum Gasteiger partial charge on any atom is 0.240 e. The van der Waals surface area contributed by atoms with Crippen molar-refractivity contribution in [3.05, 3.63) is 46.2 Å². The predicted molar refractivity (Wildman–Crippen MR) is 95.6 cm³/mol. The maximum absolute atomic E-state index is 13.0. The zero-order valence-corrected chi connectivity index (χ0v) is 15.1. The van der Waals surface area contributed by atoms with E-state index in [4.69, 9.17) is 0 Å². The number of rotatable bonds is 5. The molecule has 0 aromatic carbocycles. The number of carbonyl (C=O) groups excluding carboxylic acids is 1. The molecule has 1 fully saturated rings. The molecule has 3 heterocycles. The Morgan fingerprint density at radius 2 is 2.17 bits per heavy atom. The van der Waals surface area contributed by atoms with Crippen LogP contribution in [0.4, 0.5) is 0 Å². The van der Waals surface area contributed by atoms with Crippen LogP contribution < -0.4 is 0 Å². The summed E-state index contributed by atoms with van der Waals surface area (Å²) in [4.78, 5) is 26.6. The Balaban J connectivity index is 1.66. The lowest BCUT2D eigenvalue weighted by Gasteiger charge is -2.36. The largest absolute Gasteiger partial charge is 0.339 e. The van der Waals surface area contributed by atoms with E-state index in [0.29, 0.717) is 6.54 Å². The zero-order valence-electron chi connectivity index (χ0n) is 14.3. The number of likely N-dealkylation sites (tertiary alicyclic amines) is 1. The Labute approximate surface area is 147 Å². The first-order chi connectivity index (χ1) is 11.6. The summed E-state index contributed by atoms with van der Waals surface area (Å²) in [6.07, 6.45) is 8.72. The van der Waals surface area contributed by atoms with Gasteiger partial charge in [0.1, 0.15) is 0 Å². The van der Waals surface area contributed by atoms with Crippen LogP contribution in [0.2, 0.25) is 0 Å². The first-order valence-electron chi connectivity index (χ1n) is 8.43. The van der Waals surface area contributed by atoms with E-state index < -0.39 is 0 Å². The van der Waals surface area contributed by atoms with Crippen molar-refractivity contribution in [2.75, 3.05) is 13.6 Å². The number of likely N-dealkylation sites (N-methyl/N-ethyl adjacent to an activating group) is 1. The average Bonchev–Trinajstić information content (AvgIpc) is 3.00. The van der Waals surface area contributed by atoms with Gasteiger partial charge in [0.2, 0.25) is 5.91 Å². The highest BCUT2D eigenvalue weighted by Crippen LogP contribution is 2.22. The molecule has 0 spiro atoms. The third-order valence-corrected chi connectivity index (χ3v) is 5.37. The first-order valence-corrected chi connectivity index (χ1v) is 9.24. The van der Waals surface area contributed by atoms with Crippen LogP contribution >= 0.6 is 11.3 Å². The smallest absolute Gasteiger partial charge is 0.240 e. The number of hydrogen-bond acceptors (Lipinski definition) is 5. The van der Waals surface area contributed by atoms with Crippen molar-refractivity contribution in [3.63, 3.8) is 0 Å². The molecule has 0 saturated carbocycles. The fraction of sp³-hybridized carbons (Fsp3) is 0.500. The van der Waals surface area contributed by atoms with E-state index in [-0.39, 0.29) is 11.9 Å². The quantitative estimate of drug-likeness (QED) is 0.837. The molecule has 128 valence electrons. The Morgan fingerprint density at radius 3 is 2.88 bits per heavy atom. The van der Waals surface area contributed by atoms with Crippen molar-refractivity contribution < 1.29 is 4.79 Å². The number of amides is 1. The normalized spacial score (nSPS) is 18.5. The Bertz CT molecular complexity index is 673. The molecule has 5 nitrogen and oxygen atoms in total. The predicted octanol–water partition coefficient (Wildman–Crippen LogP) is 2.86. The molecule has 1 aliphatic heterocycles. The topological polar surface area (TPSA) is 49.3 Å². The number of thiazole rings is 1. The molecular weight excluding hydrogens is 320 g/mol. The number of aromatic nitrogens is 2. The van der Waals surface area contributed by atoms with E-state index in [1.165, 1.54) is 5.56 Å². The van der Waals surface area contributed by atoms with Crippen molar-refractivity contribution in [2.45, 2.75) is 45.3 Å². The molecule has 2 aromatic heterocycles. The molecule has 6 heteroatoms. The highest BCUT2D eigenvalue weighted by atomic mass is 32.1. The molecule has 0 aliphatic carbocycles. The second kappa shape index (κ2) is 7.85. The SMILES string of the molecule is Cc1ncc(CN(C)C(=O)C2CCCCN2Cc2ccncc2)s1. The van der Waals surface area contributed by atoms with Crippen LogP contribution in [0.5, 0.6) is 0 Å². The molecular formula is C18H24N4OS. The van der Waals surface area contributed by atoms with Crippen molar-refractivity contribution in [1.82, 2.24) is 19.8 Å². The van der Waals surface area contributed by atoms with Crippen LogP contribution in [0.3, 0.4) is 0 Å². The third kappa shape index (κ3) is 4.19. The zero-order chi connectivity index (χ0) is 16.9. The summed E-state index contributed by atoms with van der Waals surface area (Å²) >= 11 is 1.66. The Kier molecular flexibility index (Phi) is 5.58. The second-order valence-corrected chi connectivity index (χ2v) is 7.70. The minimum absolute atomic E-state index is 0.0223. The molecule has 0 radical (unpaired) electrons. The van der Waals surface area contributed by atoms with Crippen LogP contribution in [0.1, 0.15) is 34.7 Å². The number of hydrogen-bond donors (Lipinski definition) is 0. The van der Waals surface area contributed by atoms with Gasteiger partial charge in [-0.25, -0.2) is 4.98 Å². The number of piperidine rings is 1. The van der Waals surface area contributed by atoms with Gasteiger partial charge < -0.3 is 4.90 Å².